The van der Waals surface area contributed by atoms with Gasteiger partial charge in [-0.2, -0.15) is 0 Å². The number of allylic oxidation sites excluding steroid dienone is 2. The number of likely N-dealkylation sites (tertiary alicyclic amines) is 1. The van der Waals surface area contributed by atoms with E-state index in [1.807, 2.05) is 0 Å². The highest BCUT2D eigenvalue weighted by Gasteiger charge is 2.46. The first kappa shape index (κ1) is 12.7. The molecule has 2 aliphatic carbocycles. The number of hydrogen-bond acceptors (Lipinski definition) is 3. The number of aliphatic carboxylic acids is 1. The lowest BCUT2D eigenvalue weighted by molar-refractivity contribution is -0.150. The zero-order chi connectivity index (χ0) is 13.6. The second-order valence-electron chi connectivity index (χ2n) is 5.82. The predicted molar refractivity (Wildman–Crippen MR) is 67.4 cm³/mol. The molecule has 5 nitrogen and oxygen atoms in total. The van der Waals surface area contributed by atoms with Gasteiger partial charge in [-0.05, 0) is 24.7 Å². The smallest absolute Gasteiger partial charge is 0.326 e. The lowest BCUT2D eigenvalue weighted by atomic mass is 9.92. The van der Waals surface area contributed by atoms with Gasteiger partial charge in [0.2, 0.25) is 5.91 Å². The fourth-order valence-corrected chi connectivity index (χ4v) is 3.72. The van der Waals surface area contributed by atoms with E-state index in [-0.39, 0.29) is 17.9 Å². The van der Waals surface area contributed by atoms with Crippen LogP contribution in [-0.2, 0) is 14.3 Å². The lowest BCUT2D eigenvalue weighted by Crippen LogP contribution is -2.44. The molecule has 0 radical (unpaired) electrons. The van der Waals surface area contributed by atoms with Crippen molar-refractivity contribution in [3.05, 3.63) is 12.2 Å². The zero-order valence-corrected chi connectivity index (χ0v) is 11.0. The van der Waals surface area contributed by atoms with Gasteiger partial charge in [0.15, 0.2) is 0 Å². The Labute approximate surface area is 112 Å². The van der Waals surface area contributed by atoms with E-state index in [1.54, 1.807) is 7.11 Å². The highest BCUT2D eigenvalue weighted by Crippen LogP contribution is 2.44. The molecule has 2 bridgehead atoms. The quantitative estimate of drug-likeness (QED) is 0.770. The fraction of sp³-hybridized carbons (Fsp3) is 0.714. The first-order valence-electron chi connectivity index (χ1n) is 6.84. The van der Waals surface area contributed by atoms with Crippen molar-refractivity contribution in [3.8, 4) is 0 Å². The summed E-state index contributed by atoms with van der Waals surface area (Å²) in [5, 5.41) is 9.26. The molecular formula is C14H19NO4. The second-order valence-corrected chi connectivity index (χ2v) is 5.82. The van der Waals surface area contributed by atoms with Crippen LogP contribution < -0.4 is 0 Å². The van der Waals surface area contributed by atoms with Gasteiger partial charge in [-0.3, -0.25) is 4.79 Å². The molecule has 0 spiro atoms. The van der Waals surface area contributed by atoms with E-state index < -0.39 is 12.0 Å². The minimum Gasteiger partial charge on any atom is -0.480 e. The molecule has 5 unspecified atom stereocenters. The number of carboxylic acids is 1. The molecule has 1 aliphatic heterocycles. The van der Waals surface area contributed by atoms with E-state index in [0.717, 1.165) is 12.8 Å². The minimum absolute atomic E-state index is 0.00352. The number of hydrogen-bond donors (Lipinski definition) is 1. The Balaban J connectivity index is 1.75. The Morgan fingerprint density at radius 2 is 2.05 bits per heavy atom. The van der Waals surface area contributed by atoms with Crippen molar-refractivity contribution >= 4 is 11.9 Å². The Morgan fingerprint density at radius 3 is 2.58 bits per heavy atom. The average molecular weight is 265 g/mol. The monoisotopic (exact) mass is 265 g/mol. The summed E-state index contributed by atoms with van der Waals surface area (Å²) >= 11 is 0. The minimum atomic E-state index is -0.924. The third-order valence-electron chi connectivity index (χ3n) is 4.76. The molecule has 1 N–H and O–H groups in total. The maximum absolute atomic E-state index is 12.6. The van der Waals surface area contributed by atoms with Gasteiger partial charge in [0.1, 0.15) is 6.04 Å². The van der Waals surface area contributed by atoms with Crippen molar-refractivity contribution in [3.63, 3.8) is 0 Å². The van der Waals surface area contributed by atoms with Crippen LogP contribution in [0.5, 0.6) is 0 Å². The summed E-state index contributed by atoms with van der Waals surface area (Å²) in [5.74, 6) is -0.112. The first-order valence-corrected chi connectivity index (χ1v) is 6.84. The van der Waals surface area contributed by atoms with Crippen LogP contribution in [0.1, 0.15) is 19.3 Å². The van der Waals surface area contributed by atoms with Gasteiger partial charge in [-0.15, -0.1) is 0 Å². The molecule has 3 rings (SSSR count). The summed E-state index contributed by atoms with van der Waals surface area (Å²) in [6, 6.07) is -0.722. The first-order chi connectivity index (χ1) is 9.10. The molecule has 0 aromatic carbocycles. The summed E-state index contributed by atoms with van der Waals surface area (Å²) in [4.78, 5) is 25.4. The van der Waals surface area contributed by atoms with Crippen molar-refractivity contribution in [1.82, 2.24) is 4.90 Å². The maximum atomic E-state index is 12.6. The van der Waals surface area contributed by atoms with Crippen molar-refractivity contribution in [1.29, 1.82) is 0 Å². The van der Waals surface area contributed by atoms with Gasteiger partial charge < -0.3 is 14.7 Å². The van der Waals surface area contributed by atoms with Gasteiger partial charge >= 0.3 is 5.97 Å². The van der Waals surface area contributed by atoms with Crippen molar-refractivity contribution in [2.45, 2.75) is 31.4 Å². The van der Waals surface area contributed by atoms with Crippen molar-refractivity contribution in [2.75, 3.05) is 13.7 Å². The number of fused-ring (bicyclic) bond motifs is 2. The van der Waals surface area contributed by atoms with E-state index in [0.29, 0.717) is 24.8 Å². The zero-order valence-electron chi connectivity index (χ0n) is 11.0. The summed E-state index contributed by atoms with van der Waals surface area (Å²) in [6.07, 6.45) is 6.48. The number of methoxy groups -OCH3 is 1. The molecule has 0 aromatic heterocycles. The van der Waals surface area contributed by atoms with Gasteiger partial charge in [-0.1, -0.05) is 12.2 Å². The van der Waals surface area contributed by atoms with Crippen LogP contribution in [-0.4, -0.2) is 47.7 Å². The van der Waals surface area contributed by atoms with Crippen LogP contribution in [0, 0.1) is 17.8 Å². The second kappa shape index (κ2) is 4.63. The summed E-state index contributed by atoms with van der Waals surface area (Å²) < 4.78 is 5.23. The molecule has 19 heavy (non-hydrogen) atoms. The van der Waals surface area contributed by atoms with Crippen LogP contribution in [0.3, 0.4) is 0 Å². The van der Waals surface area contributed by atoms with Crippen LogP contribution in [0.2, 0.25) is 0 Å². The van der Waals surface area contributed by atoms with Crippen LogP contribution in [0.25, 0.3) is 0 Å². The molecule has 1 amide bonds. The normalized spacial score (nSPS) is 40.1. The number of carbonyl (C=O) groups excluding carboxylic acids is 1. The lowest BCUT2D eigenvalue weighted by Gasteiger charge is -2.27. The molecular weight excluding hydrogens is 246 g/mol. The van der Waals surface area contributed by atoms with E-state index in [4.69, 9.17) is 4.74 Å². The van der Waals surface area contributed by atoms with Crippen molar-refractivity contribution < 1.29 is 19.4 Å². The highest BCUT2D eigenvalue weighted by molar-refractivity contribution is 5.86. The highest BCUT2D eigenvalue weighted by atomic mass is 16.5. The van der Waals surface area contributed by atoms with E-state index in [1.165, 1.54) is 4.90 Å². The predicted octanol–water partition coefficient (Wildman–Crippen LogP) is 0.899. The average Bonchev–Trinajstić information content (AvgIpc) is 3.11. The maximum Gasteiger partial charge on any atom is 0.326 e. The van der Waals surface area contributed by atoms with E-state index >= 15 is 0 Å². The molecule has 104 valence electrons. The molecule has 5 heteroatoms. The van der Waals surface area contributed by atoms with Crippen LogP contribution in [0.15, 0.2) is 12.2 Å². The number of carboxylic acid groups (broad SMARTS) is 1. The van der Waals surface area contributed by atoms with Gasteiger partial charge in [0.25, 0.3) is 0 Å². The van der Waals surface area contributed by atoms with Gasteiger partial charge in [0, 0.05) is 26.0 Å². The van der Waals surface area contributed by atoms with Crippen LogP contribution >= 0.6 is 0 Å². The molecule has 1 heterocycles. The Bertz CT molecular complexity index is 433. The summed E-state index contributed by atoms with van der Waals surface area (Å²) in [7, 11) is 1.57. The molecule has 5 atom stereocenters. The third kappa shape index (κ3) is 2.06. The Morgan fingerprint density at radius 1 is 1.26 bits per heavy atom. The summed E-state index contributed by atoms with van der Waals surface area (Å²) in [6.45, 7) is 0.407. The molecule has 3 aliphatic rings. The molecule has 2 fully saturated rings. The number of carbonyl (C=O) groups is 2. The van der Waals surface area contributed by atoms with Gasteiger partial charge in [-0.25, -0.2) is 4.79 Å². The number of rotatable bonds is 3. The molecule has 0 aromatic rings. The van der Waals surface area contributed by atoms with E-state index in [9.17, 15) is 14.7 Å². The number of amides is 1. The van der Waals surface area contributed by atoms with Gasteiger partial charge in [0.05, 0.1) is 6.10 Å². The number of nitrogens with zero attached hydrogens (tertiary/aromatic N) is 1. The van der Waals surface area contributed by atoms with Crippen LogP contribution in [0.4, 0.5) is 0 Å². The Kier molecular flexibility index (Phi) is 3.09. The number of ether oxygens (including phenoxy) is 1. The fourth-order valence-electron chi connectivity index (χ4n) is 3.72. The van der Waals surface area contributed by atoms with Crippen molar-refractivity contribution in [2.24, 2.45) is 17.8 Å². The standard InChI is InChI=1S/C14H19NO4/c1-19-10-6-12(14(17)18)15(7-10)13(16)11-5-8-2-3-9(11)4-8/h2-3,8-12H,4-7H2,1H3,(H,17,18). The summed E-state index contributed by atoms with van der Waals surface area (Å²) in [5.41, 5.74) is 0. The molecule has 1 saturated heterocycles. The Hall–Kier alpha value is -1.36. The SMILES string of the molecule is COC1CC(C(=O)O)N(C(=O)C2CC3C=CC2C3)C1. The third-order valence-corrected chi connectivity index (χ3v) is 4.76. The van der Waals surface area contributed by atoms with E-state index in [2.05, 4.69) is 12.2 Å². The topological polar surface area (TPSA) is 66.8 Å². The largest absolute Gasteiger partial charge is 0.480 e. The molecule has 1 saturated carbocycles.